The Kier molecular flexibility index (Phi) is 2.97. The van der Waals surface area contributed by atoms with Crippen molar-refractivity contribution in [1.82, 2.24) is 0 Å². The standard InChI is InChI=1S/C21H13NO3/c23-21-16-7-3-1-5-14(16)20(15-6-2-4-8-17(15)21)22-13-9-10-18-19(11-13)25-12-24-18/h1-11H,12H2. The van der Waals surface area contributed by atoms with E-state index in [4.69, 9.17) is 14.5 Å². The van der Waals surface area contributed by atoms with E-state index in [1.807, 2.05) is 66.7 Å². The van der Waals surface area contributed by atoms with Crippen molar-refractivity contribution in [3.63, 3.8) is 0 Å². The van der Waals surface area contributed by atoms with Crippen LogP contribution in [0.25, 0.3) is 0 Å². The number of nitrogens with zero attached hydrogens (tertiary/aromatic N) is 1. The maximum absolute atomic E-state index is 12.8. The number of hydrogen-bond acceptors (Lipinski definition) is 4. The van der Waals surface area contributed by atoms with Gasteiger partial charge < -0.3 is 9.47 Å². The molecular weight excluding hydrogens is 314 g/mol. The average Bonchev–Trinajstić information content (AvgIpc) is 3.13. The van der Waals surface area contributed by atoms with E-state index in [2.05, 4.69) is 0 Å². The summed E-state index contributed by atoms with van der Waals surface area (Å²) in [6, 6.07) is 20.8. The van der Waals surface area contributed by atoms with E-state index in [1.165, 1.54) is 0 Å². The fourth-order valence-electron chi connectivity index (χ4n) is 3.27. The van der Waals surface area contributed by atoms with E-state index in [0.717, 1.165) is 28.3 Å². The lowest BCUT2D eigenvalue weighted by atomic mass is 9.83. The monoisotopic (exact) mass is 327 g/mol. The van der Waals surface area contributed by atoms with Gasteiger partial charge in [0.25, 0.3) is 0 Å². The molecule has 1 heterocycles. The molecule has 0 spiro atoms. The maximum Gasteiger partial charge on any atom is 0.231 e. The van der Waals surface area contributed by atoms with Gasteiger partial charge in [-0.15, -0.1) is 0 Å². The topological polar surface area (TPSA) is 47.9 Å². The van der Waals surface area contributed by atoms with Crippen molar-refractivity contribution in [3.8, 4) is 11.5 Å². The molecule has 1 aliphatic carbocycles. The van der Waals surface area contributed by atoms with Crippen LogP contribution in [0.1, 0.15) is 27.0 Å². The van der Waals surface area contributed by atoms with Crippen LogP contribution in [0.4, 0.5) is 5.69 Å². The van der Waals surface area contributed by atoms with Crippen LogP contribution < -0.4 is 9.47 Å². The minimum absolute atomic E-state index is 0.0378. The van der Waals surface area contributed by atoms with Crippen molar-refractivity contribution in [2.24, 2.45) is 4.99 Å². The Morgan fingerprint density at radius 2 is 1.32 bits per heavy atom. The smallest absolute Gasteiger partial charge is 0.231 e. The van der Waals surface area contributed by atoms with Gasteiger partial charge in [0, 0.05) is 28.3 Å². The van der Waals surface area contributed by atoms with Gasteiger partial charge in [0.2, 0.25) is 6.79 Å². The van der Waals surface area contributed by atoms with Crippen LogP contribution in [0, 0.1) is 0 Å². The van der Waals surface area contributed by atoms with Crippen molar-refractivity contribution in [3.05, 3.63) is 89.0 Å². The van der Waals surface area contributed by atoms with Gasteiger partial charge in [-0.25, -0.2) is 4.99 Å². The highest BCUT2D eigenvalue weighted by atomic mass is 16.7. The quantitative estimate of drug-likeness (QED) is 0.528. The summed E-state index contributed by atoms with van der Waals surface area (Å²) in [6.07, 6.45) is 0. The Labute approximate surface area is 144 Å². The first-order valence-corrected chi connectivity index (χ1v) is 8.03. The molecule has 4 nitrogen and oxygen atoms in total. The zero-order valence-electron chi connectivity index (χ0n) is 13.2. The molecule has 3 aromatic rings. The van der Waals surface area contributed by atoms with E-state index < -0.39 is 0 Å². The summed E-state index contributed by atoms with van der Waals surface area (Å²) in [5, 5.41) is 0. The molecule has 120 valence electrons. The van der Waals surface area contributed by atoms with Crippen molar-refractivity contribution in [1.29, 1.82) is 0 Å². The van der Waals surface area contributed by atoms with Gasteiger partial charge in [0.15, 0.2) is 17.3 Å². The lowest BCUT2D eigenvalue weighted by Gasteiger charge is -2.20. The maximum atomic E-state index is 12.8. The average molecular weight is 327 g/mol. The van der Waals surface area contributed by atoms with Crippen molar-refractivity contribution in [2.45, 2.75) is 0 Å². The third-order valence-electron chi connectivity index (χ3n) is 4.45. The minimum atomic E-state index is 0.0378. The van der Waals surface area contributed by atoms with Crippen molar-refractivity contribution in [2.75, 3.05) is 6.79 Å². The molecular formula is C21H13NO3. The van der Waals surface area contributed by atoms with E-state index in [0.29, 0.717) is 16.9 Å². The number of hydrogen-bond donors (Lipinski definition) is 0. The molecule has 0 unspecified atom stereocenters. The second-order valence-corrected chi connectivity index (χ2v) is 5.92. The summed E-state index contributed by atoms with van der Waals surface area (Å²) in [5.41, 5.74) is 4.62. The Balaban J connectivity index is 1.73. The zero-order valence-corrected chi connectivity index (χ0v) is 13.2. The highest BCUT2D eigenvalue weighted by molar-refractivity contribution is 6.30. The van der Waals surface area contributed by atoms with Crippen molar-refractivity contribution >= 4 is 17.2 Å². The predicted molar refractivity (Wildman–Crippen MR) is 94.2 cm³/mol. The van der Waals surface area contributed by atoms with Crippen LogP contribution in [0.2, 0.25) is 0 Å². The SMILES string of the molecule is O=C1c2ccccc2C(=Nc2ccc3c(c2)OCO3)c2ccccc21. The third kappa shape index (κ3) is 2.15. The number of carbonyl (C=O) groups excluding carboxylic acids is 1. The lowest BCUT2D eigenvalue weighted by molar-refractivity contribution is 0.103. The molecule has 1 aliphatic heterocycles. The van der Waals surface area contributed by atoms with Crippen molar-refractivity contribution < 1.29 is 14.3 Å². The van der Waals surface area contributed by atoms with Crippen LogP contribution >= 0.6 is 0 Å². The molecule has 0 saturated carbocycles. The molecule has 0 bridgehead atoms. The summed E-state index contributed by atoms with van der Waals surface area (Å²) in [7, 11) is 0. The molecule has 0 aromatic heterocycles. The van der Waals surface area contributed by atoms with Gasteiger partial charge in [-0.1, -0.05) is 48.5 Å². The van der Waals surface area contributed by atoms with Gasteiger partial charge in [-0.2, -0.15) is 0 Å². The summed E-state index contributed by atoms with van der Waals surface area (Å²) in [4.78, 5) is 17.6. The first-order valence-electron chi connectivity index (χ1n) is 8.03. The number of ether oxygens (including phenoxy) is 2. The number of benzene rings is 3. The predicted octanol–water partition coefficient (Wildman–Crippen LogP) is 4.13. The van der Waals surface area contributed by atoms with Crippen LogP contribution in [0.3, 0.4) is 0 Å². The second-order valence-electron chi connectivity index (χ2n) is 5.92. The van der Waals surface area contributed by atoms with Gasteiger partial charge in [-0.3, -0.25) is 4.79 Å². The van der Waals surface area contributed by atoms with E-state index in [-0.39, 0.29) is 12.6 Å². The summed E-state index contributed by atoms with van der Waals surface area (Å²) >= 11 is 0. The summed E-state index contributed by atoms with van der Waals surface area (Å²) in [6.45, 7) is 0.232. The molecule has 25 heavy (non-hydrogen) atoms. The van der Waals surface area contributed by atoms with Crippen LogP contribution in [0.15, 0.2) is 71.7 Å². The Hall–Kier alpha value is -3.40. The molecule has 3 aromatic carbocycles. The fraction of sp³-hybridized carbons (Fsp3) is 0.0476. The van der Waals surface area contributed by atoms with Gasteiger partial charge in [0.1, 0.15) is 0 Å². The molecule has 0 fully saturated rings. The number of fused-ring (bicyclic) bond motifs is 3. The third-order valence-corrected chi connectivity index (χ3v) is 4.45. The van der Waals surface area contributed by atoms with Crippen LogP contribution in [-0.4, -0.2) is 18.3 Å². The van der Waals surface area contributed by atoms with E-state index in [1.54, 1.807) is 0 Å². The minimum Gasteiger partial charge on any atom is -0.454 e. The molecule has 0 atom stereocenters. The number of ketones is 1. The lowest BCUT2D eigenvalue weighted by Crippen LogP contribution is -2.21. The molecule has 0 saturated heterocycles. The Bertz CT molecular complexity index is 1000. The highest BCUT2D eigenvalue weighted by Crippen LogP contribution is 2.36. The Morgan fingerprint density at radius 3 is 2.00 bits per heavy atom. The number of rotatable bonds is 1. The zero-order chi connectivity index (χ0) is 16.8. The molecule has 0 N–H and O–H groups in total. The molecule has 0 amide bonds. The van der Waals surface area contributed by atoms with Crippen LogP contribution in [-0.2, 0) is 0 Å². The first kappa shape index (κ1) is 14.0. The summed E-state index contributed by atoms with van der Waals surface area (Å²) < 4.78 is 10.8. The van der Waals surface area contributed by atoms with Crippen LogP contribution in [0.5, 0.6) is 11.5 Å². The second kappa shape index (κ2) is 5.31. The number of aliphatic imine (C=N–C) groups is 1. The first-order chi connectivity index (χ1) is 12.3. The highest BCUT2D eigenvalue weighted by Gasteiger charge is 2.27. The molecule has 2 aliphatic rings. The van der Waals surface area contributed by atoms with E-state index >= 15 is 0 Å². The van der Waals surface area contributed by atoms with Gasteiger partial charge in [0.05, 0.1) is 11.4 Å². The molecule has 4 heteroatoms. The number of carbonyl (C=O) groups is 1. The fourth-order valence-corrected chi connectivity index (χ4v) is 3.27. The van der Waals surface area contributed by atoms with Gasteiger partial charge in [-0.05, 0) is 12.1 Å². The van der Waals surface area contributed by atoms with E-state index in [9.17, 15) is 4.79 Å². The summed E-state index contributed by atoms with van der Waals surface area (Å²) in [5.74, 6) is 1.45. The van der Waals surface area contributed by atoms with Gasteiger partial charge >= 0.3 is 0 Å². The normalized spacial score (nSPS) is 14.1. The Morgan fingerprint density at radius 1 is 0.720 bits per heavy atom. The largest absolute Gasteiger partial charge is 0.454 e. The molecule has 0 radical (unpaired) electrons. The molecule has 5 rings (SSSR count).